The quantitative estimate of drug-likeness (QED) is 0.0523. The lowest BCUT2D eigenvalue weighted by Gasteiger charge is -2.30. The molecular formula is C41H66F3N9O11. The molecule has 362 valence electrons. The highest BCUT2D eigenvalue weighted by atomic mass is 19.4. The van der Waals surface area contributed by atoms with Crippen molar-refractivity contribution in [2.45, 2.75) is 135 Å². The van der Waals surface area contributed by atoms with Crippen LogP contribution in [0.4, 0.5) is 13.2 Å². The molecule has 0 aliphatic carbocycles. The molecule has 64 heavy (non-hydrogen) atoms. The molecule has 0 aromatic heterocycles. The number of primary amides is 1. The summed E-state index contributed by atoms with van der Waals surface area (Å²) in [6.07, 6.45) is -2.59. The van der Waals surface area contributed by atoms with E-state index in [-0.39, 0.29) is 25.2 Å². The van der Waals surface area contributed by atoms with E-state index in [0.29, 0.717) is 37.8 Å². The number of hydrogen-bond donors (Lipinski definition) is 10. The fourth-order valence-corrected chi connectivity index (χ4v) is 5.86. The third kappa shape index (κ3) is 23.0. The lowest BCUT2D eigenvalue weighted by Crippen LogP contribution is -2.59. The summed E-state index contributed by atoms with van der Waals surface area (Å²) >= 11 is 0. The molecule has 1 rings (SSSR count). The van der Waals surface area contributed by atoms with E-state index in [0.717, 1.165) is 6.42 Å². The van der Waals surface area contributed by atoms with Gasteiger partial charge in [0, 0.05) is 13.5 Å². The normalized spacial score (nSPS) is 14.0. The van der Waals surface area contributed by atoms with Gasteiger partial charge in [0.25, 0.3) is 0 Å². The number of halogens is 3. The van der Waals surface area contributed by atoms with Crippen LogP contribution in [0.2, 0.25) is 0 Å². The summed E-state index contributed by atoms with van der Waals surface area (Å²) < 4.78 is 31.7. The first kappa shape index (κ1) is 58.2. The van der Waals surface area contributed by atoms with Crippen LogP contribution in [-0.4, -0.2) is 131 Å². The Morgan fingerprint density at radius 1 is 0.750 bits per heavy atom. The molecule has 7 amide bonds. The standard InChI is InChI=1S/C39H65N9O9.C2HF3O2/c1-7-8-16-27(34(42)52)44-38(56)30(19-23(2)3)48(6)31(49)22-43-39(57)33(24(4)5)47-37(55)29(20-25-14-10-9-11-15-25)46-36(54)28(17-12-13-18-40)45-35(53)26(41)21-32(50)51;3-2(4,5)1(6)7/h9-11,14-15,23-24,26-30,33H,7-8,12-13,16-22,40-41H2,1-6H3,(H2,42,52)(H,43,57)(H,44,56)(H,45,53)(H,46,54)(H,47,55)(H,50,51);(H,6,7)/t26-,27-,28-,29-,30-,33-;/m0./s1. The Balaban J connectivity index is 0.00000520. The molecule has 0 saturated carbocycles. The zero-order chi connectivity index (χ0) is 49.3. The van der Waals surface area contributed by atoms with Crippen LogP contribution in [0, 0.1) is 11.8 Å². The molecule has 0 heterocycles. The third-order valence-electron chi connectivity index (χ3n) is 9.49. The highest BCUT2D eigenvalue weighted by molar-refractivity contribution is 5.97. The maximum absolute atomic E-state index is 13.9. The Labute approximate surface area is 370 Å². The molecular weight excluding hydrogens is 851 g/mol. The van der Waals surface area contributed by atoms with Crippen molar-refractivity contribution >= 4 is 53.3 Å². The Kier molecular flexibility index (Phi) is 26.8. The van der Waals surface area contributed by atoms with E-state index < -0.39 is 115 Å². The first-order valence-electron chi connectivity index (χ1n) is 20.8. The van der Waals surface area contributed by atoms with Crippen molar-refractivity contribution in [2.24, 2.45) is 29.0 Å². The highest BCUT2D eigenvalue weighted by Crippen LogP contribution is 2.14. The van der Waals surface area contributed by atoms with Crippen LogP contribution in [0.3, 0.4) is 0 Å². The average Bonchev–Trinajstić information content (AvgIpc) is 3.20. The second-order valence-corrected chi connectivity index (χ2v) is 15.8. The molecule has 1 aromatic carbocycles. The van der Waals surface area contributed by atoms with Gasteiger partial charge in [-0.25, -0.2) is 4.79 Å². The number of carbonyl (C=O) groups is 9. The van der Waals surface area contributed by atoms with Crippen LogP contribution < -0.4 is 43.8 Å². The summed E-state index contributed by atoms with van der Waals surface area (Å²) in [6, 6.07) is 1.92. The monoisotopic (exact) mass is 917 g/mol. The molecule has 6 atom stereocenters. The minimum absolute atomic E-state index is 0.00445. The highest BCUT2D eigenvalue weighted by Gasteiger charge is 2.38. The number of amides is 7. The molecule has 0 aliphatic rings. The summed E-state index contributed by atoms with van der Waals surface area (Å²) in [5.74, 6) is -9.37. The summed E-state index contributed by atoms with van der Waals surface area (Å²) in [5.41, 5.74) is 17.5. The fraction of sp³-hybridized carbons (Fsp3) is 0.634. The van der Waals surface area contributed by atoms with E-state index in [1.54, 1.807) is 44.2 Å². The van der Waals surface area contributed by atoms with E-state index in [1.165, 1.54) is 11.9 Å². The van der Waals surface area contributed by atoms with Crippen molar-refractivity contribution in [1.82, 2.24) is 31.5 Å². The molecule has 0 spiro atoms. The summed E-state index contributed by atoms with van der Waals surface area (Å²) in [4.78, 5) is 114. The molecule has 23 heteroatoms. The van der Waals surface area contributed by atoms with Crippen molar-refractivity contribution in [1.29, 1.82) is 0 Å². The fourth-order valence-electron chi connectivity index (χ4n) is 5.86. The number of likely N-dealkylation sites (N-methyl/N-ethyl adjacent to an activating group) is 1. The number of unbranched alkanes of at least 4 members (excludes halogenated alkanes) is 2. The van der Waals surface area contributed by atoms with Crippen LogP contribution in [-0.2, 0) is 49.6 Å². The van der Waals surface area contributed by atoms with Gasteiger partial charge in [0.05, 0.1) is 19.0 Å². The predicted octanol–water partition coefficient (Wildman–Crippen LogP) is 0.0534. The van der Waals surface area contributed by atoms with Gasteiger partial charge in [0.1, 0.15) is 30.2 Å². The number of aliphatic carboxylic acids is 2. The number of carbonyl (C=O) groups excluding carboxylic acids is 7. The number of nitrogens with one attached hydrogen (secondary N) is 5. The molecule has 0 fully saturated rings. The van der Waals surface area contributed by atoms with Crippen LogP contribution in [0.25, 0.3) is 0 Å². The first-order chi connectivity index (χ1) is 29.8. The van der Waals surface area contributed by atoms with Gasteiger partial charge in [-0.15, -0.1) is 0 Å². The van der Waals surface area contributed by atoms with Crippen molar-refractivity contribution in [2.75, 3.05) is 20.1 Å². The van der Waals surface area contributed by atoms with Crippen molar-refractivity contribution in [3.63, 3.8) is 0 Å². The smallest absolute Gasteiger partial charge is 0.481 e. The van der Waals surface area contributed by atoms with Crippen LogP contribution in [0.15, 0.2) is 30.3 Å². The SMILES string of the molecule is CCCC[C@H](NC(=O)[C@H](CC(C)C)N(C)C(=O)CNC(=O)[C@@H](NC(=O)[C@H](Cc1ccccc1)NC(=O)[C@H](CCCCN)NC(=O)[C@@H](N)CC(=O)O)C(C)C)C(N)=O.O=C(O)C(F)(F)F. The zero-order valence-electron chi connectivity index (χ0n) is 37.2. The van der Waals surface area contributed by atoms with Gasteiger partial charge in [0.15, 0.2) is 0 Å². The van der Waals surface area contributed by atoms with Gasteiger partial charge < -0.3 is 58.9 Å². The number of rotatable bonds is 27. The Morgan fingerprint density at radius 2 is 1.28 bits per heavy atom. The van der Waals surface area contributed by atoms with Gasteiger partial charge >= 0.3 is 18.1 Å². The molecule has 13 N–H and O–H groups in total. The number of benzene rings is 1. The zero-order valence-corrected chi connectivity index (χ0v) is 37.2. The molecule has 1 aromatic rings. The minimum Gasteiger partial charge on any atom is -0.481 e. The molecule has 0 radical (unpaired) electrons. The molecule has 0 saturated heterocycles. The number of hydrogen-bond acceptors (Lipinski definition) is 11. The Morgan fingerprint density at radius 3 is 1.77 bits per heavy atom. The molecule has 0 unspecified atom stereocenters. The number of nitrogens with two attached hydrogens (primary N) is 3. The van der Waals surface area contributed by atoms with E-state index in [2.05, 4.69) is 26.6 Å². The molecule has 0 bridgehead atoms. The van der Waals surface area contributed by atoms with E-state index >= 15 is 0 Å². The number of alkyl halides is 3. The maximum Gasteiger partial charge on any atom is 0.490 e. The van der Waals surface area contributed by atoms with Gasteiger partial charge in [-0.3, -0.25) is 38.4 Å². The van der Waals surface area contributed by atoms with E-state index in [1.807, 2.05) is 20.8 Å². The van der Waals surface area contributed by atoms with Gasteiger partial charge in [0.2, 0.25) is 41.4 Å². The van der Waals surface area contributed by atoms with Gasteiger partial charge in [-0.05, 0) is 56.0 Å². The van der Waals surface area contributed by atoms with Crippen LogP contribution >= 0.6 is 0 Å². The van der Waals surface area contributed by atoms with E-state index in [9.17, 15) is 51.5 Å². The minimum atomic E-state index is -5.08. The second kappa shape index (κ2) is 29.5. The largest absolute Gasteiger partial charge is 0.490 e. The lowest BCUT2D eigenvalue weighted by molar-refractivity contribution is -0.192. The summed E-state index contributed by atoms with van der Waals surface area (Å²) in [5, 5.41) is 29.3. The van der Waals surface area contributed by atoms with E-state index in [4.69, 9.17) is 32.2 Å². The molecule has 0 aliphatic heterocycles. The Hall–Kier alpha value is -5.84. The first-order valence-corrected chi connectivity index (χ1v) is 20.8. The number of carboxylic acids is 2. The Bertz CT molecular complexity index is 1700. The number of nitrogens with zero attached hydrogens (tertiary/aromatic N) is 1. The average molecular weight is 918 g/mol. The van der Waals surface area contributed by atoms with Crippen LogP contribution in [0.5, 0.6) is 0 Å². The van der Waals surface area contributed by atoms with Crippen LogP contribution in [0.1, 0.15) is 91.5 Å². The lowest BCUT2D eigenvalue weighted by atomic mass is 10.00. The maximum atomic E-state index is 13.9. The van der Waals surface area contributed by atoms with Crippen molar-refractivity contribution < 1.29 is 66.5 Å². The molecule has 20 nitrogen and oxygen atoms in total. The van der Waals surface area contributed by atoms with Gasteiger partial charge in [-0.1, -0.05) is 77.8 Å². The second-order valence-electron chi connectivity index (χ2n) is 15.8. The summed E-state index contributed by atoms with van der Waals surface area (Å²) in [7, 11) is 1.43. The van der Waals surface area contributed by atoms with Crippen molar-refractivity contribution in [3.05, 3.63) is 35.9 Å². The predicted molar refractivity (Wildman–Crippen MR) is 227 cm³/mol. The number of carboxylic acid groups (broad SMARTS) is 2. The topological polar surface area (TPSA) is 336 Å². The summed E-state index contributed by atoms with van der Waals surface area (Å²) in [6.45, 7) is 8.88. The third-order valence-corrected chi connectivity index (χ3v) is 9.49. The van der Waals surface area contributed by atoms with Gasteiger partial charge in [-0.2, -0.15) is 13.2 Å². The van der Waals surface area contributed by atoms with Crippen molar-refractivity contribution in [3.8, 4) is 0 Å².